The van der Waals surface area contributed by atoms with Crippen LogP contribution in [-0.2, 0) is 4.79 Å². The molecular weight excluding hydrogens is 242 g/mol. The quantitative estimate of drug-likeness (QED) is 0.820. The molecule has 1 rings (SSSR count). The first kappa shape index (κ1) is 15.3. The van der Waals surface area contributed by atoms with Crippen molar-refractivity contribution in [3.8, 4) is 0 Å². The zero-order valence-electron chi connectivity index (χ0n) is 11.6. The van der Waals surface area contributed by atoms with Crippen LogP contribution in [0.2, 0.25) is 0 Å². The van der Waals surface area contributed by atoms with Crippen LogP contribution in [0.3, 0.4) is 0 Å². The summed E-state index contributed by atoms with van der Waals surface area (Å²) in [4.78, 5) is 12.3. The molecule has 1 aromatic carbocycles. The van der Waals surface area contributed by atoms with Gasteiger partial charge in [-0.05, 0) is 18.4 Å². The van der Waals surface area contributed by atoms with Crippen molar-refractivity contribution < 1.29 is 4.79 Å². The molecule has 0 aliphatic heterocycles. The second kappa shape index (κ2) is 7.59. The van der Waals surface area contributed by atoms with Gasteiger partial charge in [-0.3, -0.25) is 4.79 Å². The van der Waals surface area contributed by atoms with E-state index in [-0.39, 0.29) is 17.2 Å². The number of hydrogen-bond donors (Lipinski definition) is 1. The Hall–Kier alpha value is -0.800. The maximum atomic E-state index is 12.3. The van der Waals surface area contributed by atoms with Gasteiger partial charge in [0.2, 0.25) is 0 Å². The largest absolute Gasteiger partial charge is 0.307 e. The zero-order valence-corrected chi connectivity index (χ0v) is 12.5. The average molecular weight is 265 g/mol. The molecule has 0 amide bonds. The highest BCUT2D eigenvalue weighted by Gasteiger charge is 2.29. The number of Topliss-reactive ketones (excluding diaryl/α,β-unsaturated/α-hetero) is 1. The van der Waals surface area contributed by atoms with Crippen LogP contribution >= 0.6 is 11.8 Å². The lowest BCUT2D eigenvalue weighted by atomic mass is 9.95. The molecule has 2 atom stereocenters. The van der Waals surface area contributed by atoms with E-state index >= 15 is 0 Å². The van der Waals surface area contributed by atoms with E-state index in [1.165, 1.54) is 5.56 Å². The number of thioether (sulfide) groups is 1. The number of likely N-dealkylation sites (N-methyl/N-ethyl adjacent to an activating group) is 1. The topological polar surface area (TPSA) is 29.1 Å². The molecule has 0 saturated carbocycles. The average Bonchev–Trinajstić information content (AvgIpc) is 2.39. The Bertz CT molecular complexity index is 364. The summed E-state index contributed by atoms with van der Waals surface area (Å²) >= 11 is 1.73. The van der Waals surface area contributed by atoms with E-state index in [4.69, 9.17) is 0 Å². The Balaban J connectivity index is 2.98. The minimum atomic E-state index is -0.104. The molecule has 0 aliphatic rings. The Labute approximate surface area is 115 Å². The summed E-state index contributed by atoms with van der Waals surface area (Å²) in [5.41, 5.74) is 1.21. The van der Waals surface area contributed by atoms with Crippen molar-refractivity contribution >= 4 is 17.5 Å². The number of carbonyl (C=O) groups excluding carboxylic acids is 1. The zero-order chi connectivity index (χ0) is 13.5. The van der Waals surface area contributed by atoms with Gasteiger partial charge in [0.15, 0.2) is 5.78 Å². The molecule has 0 heterocycles. The molecule has 3 heteroatoms. The number of hydrogen-bond acceptors (Lipinski definition) is 3. The summed E-state index contributed by atoms with van der Waals surface area (Å²) in [7, 11) is 0. The Kier molecular flexibility index (Phi) is 6.44. The number of nitrogens with one attached hydrogen (secondary N) is 1. The van der Waals surface area contributed by atoms with Gasteiger partial charge < -0.3 is 5.32 Å². The molecule has 0 radical (unpaired) electrons. The van der Waals surface area contributed by atoms with E-state index in [2.05, 4.69) is 23.7 Å². The van der Waals surface area contributed by atoms with Gasteiger partial charge in [-0.1, -0.05) is 51.1 Å². The maximum absolute atomic E-state index is 12.3. The summed E-state index contributed by atoms with van der Waals surface area (Å²) < 4.78 is 0. The van der Waals surface area contributed by atoms with Gasteiger partial charge >= 0.3 is 0 Å². The summed E-state index contributed by atoms with van der Waals surface area (Å²) in [5.74, 6) is 0.354. The Morgan fingerprint density at radius 2 is 1.89 bits per heavy atom. The smallest absolute Gasteiger partial charge is 0.153 e. The summed E-state index contributed by atoms with van der Waals surface area (Å²) in [6.45, 7) is 6.79. The molecule has 0 aromatic heterocycles. The predicted octanol–water partition coefficient (Wildman–Crippen LogP) is 3.29. The fourth-order valence-electron chi connectivity index (χ4n) is 2.04. The third kappa shape index (κ3) is 3.85. The van der Waals surface area contributed by atoms with Crippen LogP contribution in [0.15, 0.2) is 30.3 Å². The second-order valence-electron chi connectivity index (χ2n) is 4.66. The predicted molar refractivity (Wildman–Crippen MR) is 80.0 cm³/mol. The molecule has 2 unspecified atom stereocenters. The molecule has 0 bridgehead atoms. The van der Waals surface area contributed by atoms with E-state index < -0.39 is 0 Å². The van der Waals surface area contributed by atoms with Crippen molar-refractivity contribution in [2.24, 2.45) is 5.92 Å². The van der Waals surface area contributed by atoms with Crippen LogP contribution in [-0.4, -0.2) is 24.6 Å². The Morgan fingerprint density at radius 3 is 2.33 bits per heavy atom. The summed E-state index contributed by atoms with van der Waals surface area (Å²) in [6, 6.07) is 10.2. The van der Waals surface area contributed by atoms with Crippen molar-refractivity contribution in [1.82, 2.24) is 5.32 Å². The summed E-state index contributed by atoms with van der Waals surface area (Å²) in [5, 5.41) is 3.52. The SMILES string of the molecule is CCNC(C(=O)C(C)C)C(SC)c1ccccc1. The van der Waals surface area contributed by atoms with Gasteiger partial charge in [-0.15, -0.1) is 0 Å². The monoisotopic (exact) mass is 265 g/mol. The van der Waals surface area contributed by atoms with Crippen LogP contribution in [0.5, 0.6) is 0 Å². The third-order valence-electron chi connectivity index (χ3n) is 2.98. The molecule has 0 aliphatic carbocycles. The molecule has 2 nitrogen and oxygen atoms in total. The van der Waals surface area contributed by atoms with E-state index in [0.717, 1.165) is 6.54 Å². The van der Waals surface area contributed by atoms with Crippen LogP contribution in [0, 0.1) is 5.92 Å². The molecule has 1 N–H and O–H groups in total. The van der Waals surface area contributed by atoms with Crippen molar-refractivity contribution in [3.05, 3.63) is 35.9 Å². The van der Waals surface area contributed by atoms with Crippen molar-refractivity contribution in [2.45, 2.75) is 32.1 Å². The highest BCUT2D eigenvalue weighted by molar-refractivity contribution is 7.98. The maximum Gasteiger partial charge on any atom is 0.153 e. The Morgan fingerprint density at radius 1 is 1.28 bits per heavy atom. The van der Waals surface area contributed by atoms with Gasteiger partial charge in [-0.25, -0.2) is 0 Å². The van der Waals surface area contributed by atoms with E-state index in [9.17, 15) is 4.79 Å². The number of ketones is 1. The number of rotatable bonds is 7. The van der Waals surface area contributed by atoms with Gasteiger partial charge in [0.05, 0.1) is 11.3 Å². The van der Waals surface area contributed by atoms with Gasteiger partial charge in [0.25, 0.3) is 0 Å². The first-order valence-corrected chi connectivity index (χ1v) is 7.75. The fraction of sp³-hybridized carbons (Fsp3) is 0.533. The van der Waals surface area contributed by atoms with Crippen molar-refractivity contribution in [3.63, 3.8) is 0 Å². The molecular formula is C15H23NOS. The first-order chi connectivity index (χ1) is 8.61. The molecule has 18 heavy (non-hydrogen) atoms. The van der Waals surface area contributed by atoms with Crippen LogP contribution in [0.25, 0.3) is 0 Å². The standard InChI is InChI=1S/C15H23NOS/c1-5-16-13(14(17)11(2)3)15(18-4)12-9-7-6-8-10-12/h6-11,13,15-16H,5H2,1-4H3. The first-order valence-electron chi connectivity index (χ1n) is 6.46. The van der Waals surface area contributed by atoms with E-state index in [0.29, 0.717) is 5.78 Å². The van der Waals surface area contributed by atoms with Crippen molar-refractivity contribution in [1.29, 1.82) is 0 Å². The lowest BCUT2D eigenvalue weighted by Gasteiger charge is -2.27. The molecule has 1 aromatic rings. The van der Waals surface area contributed by atoms with Gasteiger partial charge in [0.1, 0.15) is 0 Å². The van der Waals surface area contributed by atoms with E-state index in [1.807, 2.05) is 39.0 Å². The van der Waals surface area contributed by atoms with Crippen LogP contribution in [0.1, 0.15) is 31.6 Å². The lowest BCUT2D eigenvalue weighted by Crippen LogP contribution is -2.42. The number of benzene rings is 1. The van der Waals surface area contributed by atoms with Gasteiger partial charge in [0, 0.05) is 5.92 Å². The van der Waals surface area contributed by atoms with Crippen molar-refractivity contribution in [2.75, 3.05) is 12.8 Å². The molecule has 0 saturated heterocycles. The summed E-state index contributed by atoms with van der Waals surface area (Å²) in [6.07, 6.45) is 2.07. The highest BCUT2D eigenvalue weighted by atomic mass is 32.2. The molecule has 0 fully saturated rings. The van der Waals surface area contributed by atoms with Gasteiger partial charge in [-0.2, -0.15) is 11.8 Å². The highest BCUT2D eigenvalue weighted by Crippen LogP contribution is 2.31. The van der Waals surface area contributed by atoms with Crippen LogP contribution in [0.4, 0.5) is 0 Å². The minimum Gasteiger partial charge on any atom is -0.307 e. The number of carbonyl (C=O) groups is 1. The third-order valence-corrected chi connectivity index (χ3v) is 4.04. The fourth-order valence-corrected chi connectivity index (χ4v) is 2.98. The lowest BCUT2D eigenvalue weighted by molar-refractivity contribution is -0.124. The normalized spacial score (nSPS) is 14.5. The molecule has 0 spiro atoms. The molecule has 100 valence electrons. The van der Waals surface area contributed by atoms with E-state index in [1.54, 1.807) is 11.8 Å². The second-order valence-corrected chi connectivity index (χ2v) is 5.64. The van der Waals surface area contributed by atoms with Crippen LogP contribution < -0.4 is 5.32 Å². The minimum absolute atomic E-state index is 0.0624.